The van der Waals surface area contributed by atoms with Crippen molar-refractivity contribution >= 4 is 0 Å². The van der Waals surface area contributed by atoms with Gasteiger partial charge in [0.15, 0.2) is 0 Å². The number of hydrogen-bond donors (Lipinski definition) is 1. The van der Waals surface area contributed by atoms with Crippen molar-refractivity contribution in [3.8, 4) is 0 Å². The van der Waals surface area contributed by atoms with Crippen LogP contribution in [-0.2, 0) is 5.41 Å². The first-order valence-corrected chi connectivity index (χ1v) is 8.30. The summed E-state index contributed by atoms with van der Waals surface area (Å²) in [7, 11) is 0. The Morgan fingerprint density at radius 2 is 1.65 bits per heavy atom. The molecular weight excluding hydrogens is 242 g/mol. The molecular formula is C19H33N. The zero-order valence-electron chi connectivity index (χ0n) is 14.3. The van der Waals surface area contributed by atoms with Crippen molar-refractivity contribution in [3.05, 3.63) is 35.4 Å². The molecule has 1 aromatic rings. The fourth-order valence-electron chi connectivity index (χ4n) is 2.53. The lowest BCUT2D eigenvalue weighted by molar-refractivity contribution is 0.377. The molecule has 0 aliphatic carbocycles. The largest absolute Gasteiger partial charge is 0.310 e. The molecule has 1 heteroatoms. The third-order valence-corrected chi connectivity index (χ3v) is 4.76. The number of nitrogens with one attached hydrogen (secondary N) is 1. The maximum atomic E-state index is 3.71. The highest BCUT2D eigenvalue weighted by atomic mass is 14.9. The Bertz CT molecular complexity index is 377. The summed E-state index contributed by atoms with van der Waals surface area (Å²) in [4.78, 5) is 0. The topological polar surface area (TPSA) is 12.0 Å². The Morgan fingerprint density at radius 1 is 1.05 bits per heavy atom. The highest BCUT2D eigenvalue weighted by Crippen LogP contribution is 2.30. The van der Waals surface area contributed by atoms with Crippen LogP contribution < -0.4 is 5.32 Å². The van der Waals surface area contributed by atoms with Gasteiger partial charge in [-0.2, -0.15) is 0 Å². The first-order chi connectivity index (χ1) is 9.46. The minimum atomic E-state index is 0.279. The van der Waals surface area contributed by atoms with E-state index >= 15 is 0 Å². The van der Waals surface area contributed by atoms with E-state index in [0.29, 0.717) is 12.0 Å². The summed E-state index contributed by atoms with van der Waals surface area (Å²) in [6.45, 7) is 14.9. The molecule has 2 unspecified atom stereocenters. The molecule has 2 atom stereocenters. The molecule has 0 heterocycles. The van der Waals surface area contributed by atoms with Crippen molar-refractivity contribution < 1.29 is 0 Å². The molecule has 0 fully saturated rings. The summed E-state index contributed by atoms with van der Waals surface area (Å²) in [5.41, 5.74) is 3.16. The lowest BCUT2D eigenvalue weighted by atomic mass is 9.81. The smallest absolute Gasteiger partial charge is 0.0345 e. The third kappa shape index (κ3) is 4.34. The summed E-state index contributed by atoms with van der Waals surface area (Å²) < 4.78 is 0. The van der Waals surface area contributed by atoms with Crippen molar-refractivity contribution in [3.63, 3.8) is 0 Å². The molecule has 1 aromatic carbocycles. The van der Waals surface area contributed by atoms with Crippen molar-refractivity contribution in [1.82, 2.24) is 5.32 Å². The standard InChI is InChI=1S/C19H33N/c1-7-14-20-18(15(4)8-2)16-10-12-17(13-11-16)19(5,6)9-3/h10-13,15,18,20H,7-9,14H2,1-6H3. The van der Waals surface area contributed by atoms with Crippen LogP contribution in [0.15, 0.2) is 24.3 Å². The number of benzene rings is 1. The van der Waals surface area contributed by atoms with Crippen LogP contribution >= 0.6 is 0 Å². The molecule has 114 valence electrons. The molecule has 1 N–H and O–H groups in total. The predicted octanol–water partition coefficient (Wildman–Crippen LogP) is 5.46. The Labute approximate surface area is 126 Å². The maximum Gasteiger partial charge on any atom is 0.0345 e. The number of hydrogen-bond acceptors (Lipinski definition) is 1. The summed E-state index contributed by atoms with van der Waals surface area (Å²) >= 11 is 0. The van der Waals surface area contributed by atoms with Crippen molar-refractivity contribution in [2.24, 2.45) is 5.92 Å². The van der Waals surface area contributed by atoms with Crippen LogP contribution in [0, 0.1) is 5.92 Å². The zero-order valence-corrected chi connectivity index (χ0v) is 14.3. The van der Waals surface area contributed by atoms with Crippen molar-refractivity contribution in [2.75, 3.05) is 6.54 Å². The number of rotatable bonds is 8. The van der Waals surface area contributed by atoms with Gasteiger partial charge in [0.1, 0.15) is 0 Å². The minimum Gasteiger partial charge on any atom is -0.310 e. The van der Waals surface area contributed by atoms with Crippen LogP contribution in [0.4, 0.5) is 0 Å². The van der Waals surface area contributed by atoms with Gasteiger partial charge < -0.3 is 5.32 Å². The van der Waals surface area contributed by atoms with Crippen LogP contribution in [-0.4, -0.2) is 6.54 Å². The van der Waals surface area contributed by atoms with Gasteiger partial charge in [-0.15, -0.1) is 0 Å². The second kappa shape index (κ2) is 7.83. The average Bonchev–Trinajstić information content (AvgIpc) is 2.47. The monoisotopic (exact) mass is 275 g/mol. The van der Waals surface area contributed by atoms with Crippen LogP contribution in [0.5, 0.6) is 0 Å². The first kappa shape index (κ1) is 17.2. The van der Waals surface area contributed by atoms with Gasteiger partial charge in [-0.1, -0.05) is 72.2 Å². The normalized spacial score (nSPS) is 15.1. The Morgan fingerprint density at radius 3 is 2.10 bits per heavy atom. The molecule has 0 amide bonds. The SMILES string of the molecule is CCCNC(c1ccc(C(C)(C)CC)cc1)C(C)CC. The maximum absolute atomic E-state index is 3.71. The van der Waals surface area contributed by atoms with E-state index in [9.17, 15) is 0 Å². The van der Waals surface area contributed by atoms with E-state index in [-0.39, 0.29) is 5.41 Å². The predicted molar refractivity (Wildman–Crippen MR) is 90.2 cm³/mol. The zero-order chi connectivity index (χ0) is 15.2. The quantitative estimate of drug-likeness (QED) is 0.664. The first-order valence-electron chi connectivity index (χ1n) is 8.30. The Hall–Kier alpha value is -0.820. The summed E-state index contributed by atoms with van der Waals surface area (Å²) in [6, 6.07) is 9.78. The third-order valence-electron chi connectivity index (χ3n) is 4.76. The molecule has 20 heavy (non-hydrogen) atoms. The van der Waals surface area contributed by atoms with E-state index in [2.05, 4.69) is 71.1 Å². The lowest BCUT2D eigenvalue weighted by Crippen LogP contribution is -2.27. The van der Waals surface area contributed by atoms with E-state index < -0.39 is 0 Å². The van der Waals surface area contributed by atoms with Gasteiger partial charge in [0, 0.05) is 6.04 Å². The highest BCUT2D eigenvalue weighted by Gasteiger charge is 2.20. The van der Waals surface area contributed by atoms with Gasteiger partial charge in [0.25, 0.3) is 0 Å². The van der Waals surface area contributed by atoms with Crippen molar-refractivity contribution in [1.29, 1.82) is 0 Å². The van der Waals surface area contributed by atoms with Crippen molar-refractivity contribution in [2.45, 2.75) is 72.3 Å². The molecule has 0 aliphatic heterocycles. The van der Waals surface area contributed by atoms with Gasteiger partial charge in [-0.25, -0.2) is 0 Å². The fraction of sp³-hybridized carbons (Fsp3) is 0.684. The van der Waals surface area contributed by atoms with Crippen LogP contribution in [0.3, 0.4) is 0 Å². The minimum absolute atomic E-state index is 0.279. The van der Waals surface area contributed by atoms with Crippen LogP contribution in [0.1, 0.15) is 78.0 Å². The average molecular weight is 275 g/mol. The lowest BCUT2D eigenvalue weighted by Gasteiger charge is -2.27. The second-order valence-corrected chi connectivity index (χ2v) is 6.68. The van der Waals surface area contributed by atoms with E-state index in [4.69, 9.17) is 0 Å². The molecule has 0 radical (unpaired) electrons. The van der Waals surface area contributed by atoms with E-state index in [0.717, 1.165) is 6.54 Å². The molecule has 1 nitrogen and oxygen atoms in total. The van der Waals surface area contributed by atoms with Gasteiger partial charge in [0.2, 0.25) is 0 Å². The highest BCUT2D eigenvalue weighted by molar-refractivity contribution is 5.30. The molecule has 0 aliphatic rings. The van der Waals surface area contributed by atoms with E-state index in [1.807, 2.05) is 0 Å². The molecule has 1 rings (SSSR count). The Balaban J connectivity index is 2.92. The molecule has 0 saturated heterocycles. The van der Waals surface area contributed by atoms with Crippen LogP contribution in [0.25, 0.3) is 0 Å². The summed E-state index contributed by atoms with van der Waals surface area (Å²) in [6.07, 6.45) is 3.58. The van der Waals surface area contributed by atoms with E-state index in [1.165, 1.54) is 30.4 Å². The van der Waals surface area contributed by atoms with E-state index in [1.54, 1.807) is 0 Å². The van der Waals surface area contributed by atoms with Gasteiger partial charge in [-0.05, 0) is 41.8 Å². The van der Waals surface area contributed by atoms with Gasteiger partial charge in [0.05, 0.1) is 0 Å². The molecule has 0 bridgehead atoms. The second-order valence-electron chi connectivity index (χ2n) is 6.68. The summed E-state index contributed by atoms with van der Waals surface area (Å²) in [5.74, 6) is 0.673. The molecule has 0 saturated carbocycles. The van der Waals surface area contributed by atoms with Gasteiger partial charge >= 0.3 is 0 Å². The fourth-order valence-corrected chi connectivity index (χ4v) is 2.53. The summed E-state index contributed by atoms with van der Waals surface area (Å²) in [5, 5.41) is 3.71. The molecule has 0 aromatic heterocycles. The molecule has 0 spiro atoms. The van der Waals surface area contributed by atoms with Crippen LogP contribution in [0.2, 0.25) is 0 Å². The van der Waals surface area contributed by atoms with Gasteiger partial charge in [-0.3, -0.25) is 0 Å². The Kier molecular flexibility index (Phi) is 6.75.